The normalized spacial score (nSPS) is 17.9. The Morgan fingerprint density at radius 1 is 1.26 bits per heavy atom. The summed E-state index contributed by atoms with van der Waals surface area (Å²) < 4.78 is 0.921. The van der Waals surface area contributed by atoms with Crippen LogP contribution in [0.4, 0.5) is 0 Å². The van der Waals surface area contributed by atoms with E-state index in [1.165, 1.54) is 0 Å². The van der Waals surface area contributed by atoms with Gasteiger partial charge in [-0.05, 0) is 30.3 Å². The second-order valence-corrected chi connectivity index (χ2v) is 5.28. The SMILES string of the molecule is Oc1ccc(Br)cc1C1=NNC(c2ccccn2)C1. The van der Waals surface area contributed by atoms with Gasteiger partial charge in [0, 0.05) is 22.7 Å². The lowest BCUT2D eigenvalue weighted by Crippen LogP contribution is -2.11. The summed E-state index contributed by atoms with van der Waals surface area (Å²) >= 11 is 3.40. The van der Waals surface area contributed by atoms with E-state index in [0.717, 1.165) is 21.4 Å². The Labute approximate surface area is 119 Å². The topological polar surface area (TPSA) is 57.5 Å². The van der Waals surface area contributed by atoms with Crippen molar-refractivity contribution in [1.29, 1.82) is 0 Å². The van der Waals surface area contributed by atoms with Gasteiger partial charge in [0.25, 0.3) is 0 Å². The van der Waals surface area contributed by atoms with Crippen LogP contribution in [0.1, 0.15) is 23.7 Å². The molecular weight excluding hydrogens is 306 g/mol. The first-order valence-electron chi connectivity index (χ1n) is 5.96. The Bertz CT molecular complexity index is 628. The average Bonchev–Trinajstić information content (AvgIpc) is 2.92. The monoisotopic (exact) mass is 317 g/mol. The standard InChI is InChI=1S/C14H12BrN3O/c15-9-4-5-14(19)10(7-9)12-8-13(18-17-12)11-3-1-2-6-16-11/h1-7,13,18-19H,8H2. The van der Waals surface area contributed by atoms with Gasteiger partial charge in [-0.1, -0.05) is 22.0 Å². The minimum atomic E-state index is 0.0644. The Kier molecular flexibility index (Phi) is 3.21. The van der Waals surface area contributed by atoms with E-state index in [9.17, 15) is 5.11 Å². The molecule has 0 saturated heterocycles. The number of hydrazone groups is 1. The number of hydrogen-bond donors (Lipinski definition) is 2. The fraction of sp³-hybridized carbons (Fsp3) is 0.143. The van der Waals surface area contributed by atoms with E-state index >= 15 is 0 Å². The van der Waals surface area contributed by atoms with Crippen molar-refractivity contribution in [3.8, 4) is 5.75 Å². The molecule has 19 heavy (non-hydrogen) atoms. The van der Waals surface area contributed by atoms with Gasteiger partial charge in [0.1, 0.15) is 5.75 Å². The summed E-state index contributed by atoms with van der Waals surface area (Å²) in [5.41, 5.74) is 5.61. The molecule has 0 aliphatic carbocycles. The summed E-state index contributed by atoms with van der Waals surface area (Å²) in [5, 5.41) is 14.2. The highest BCUT2D eigenvalue weighted by Crippen LogP contribution is 2.29. The molecule has 3 rings (SSSR count). The summed E-state index contributed by atoms with van der Waals surface area (Å²) in [7, 11) is 0. The lowest BCUT2D eigenvalue weighted by molar-refractivity contribution is 0.474. The number of nitrogens with one attached hydrogen (secondary N) is 1. The third-order valence-corrected chi connectivity index (χ3v) is 3.56. The lowest BCUT2D eigenvalue weighted by Gasteiger charge is -2.08. The van der Waals surface area contributed by atoms with E-state index < -0.39 is 0 Å². The second-order valence-electron chi connectivity index (χ2n) is 4.36. The van der Waals surface area contributed by atoms with E-state index in [1.54, 1.807) is 18.3 Å². The first kappa shape index (κ1) is 12.2. The molecule has 0 amide bonds. The van der Waals surface area contributed by atoms with Crippen molar-refractivity contribution < 1.29 is 5.11 Å². The fourth-order valence-electron chi connectivity index (χ4n) is 2.10. The van der Waals surface area contributed by atoms with Gasteiger partial charge in [-0.3, -0.25) is 4.98 Å². The third-order valence-electron chi connectivity index (χ3n) is 3.07. The zero-order chi connectivity index (χ0) is 13.2. The van der Waals surface area contributed by atoms with Gasteiger partial charge in [0.15, 0.2) is 0 Å². The molecule has 1 aliphatic rings. The van der Waals surface area contributed by atoms with Crippen molar-refractivity contribution >= 4 is 21.6 Å². The van der Waals surface area contributed by atoms with Gasteiger partial charge in [0.2, 0.25) is 0 Å². The van der Waals surface area contributed by atoms with Crippen LogP contribution < -0.4 is 5.43 Å². The van der Waals surface area contributed by atoms with Crippen LogP contribution in [0.5, 0.6) is 5.75 Å². The van der Waals surface area contributed by atoms with Crippen LogP contribution in [0, 0.1) is 0 Å². The van der Waals surface area contributed by atoms with E-state index in [4.69, 9.17) is 0 Å². The first-order valence-corrected chi connectivity index (χ1v) is 6.75. The number of aromatic nitrogens is 1. The van der Waals surface area contributed by atoms with Crippen LogP contribution in [0.2, 0.25) is 0 Å². The Hall–Kier alpha value is -1.88. The molecule has 2 N–H and O–H groups in total. The van der Waals surface area contributed by atoms with E-state index in [-0.39, 0.29) is 11.8 Å². The van der Waals surface area contributed by atoms with Crippen LogP contribution >= 0.6 is 15.9 Å². The van der Waals surface area contributed by atoms with Crippen LogP contribution in [0.15, 0.2) is 52.2 Å². The summed E-state index contributed by atoms with van der Waals surface area (Å²) in [6.45, 7) is 0. The summed E-state index contributed by atoms with van der Waals surface area (Å²) in [4.78, 5) is 4.32. The molecule has 1 aromatic heterocycles. The van der Waals surface area contributed by atoms with Crippen molar-refractivity contribution in [3.05, 3.63) is 58.3 Å². The number of nitrogens with zero attached hydrogens (tertiary/aromatic N) is 2. The molecule has 5 heteroatoms. The zero-order valence-electron chi connectivity index (χ0n) is 10.0. The maximum Gasteiger partial charge on any atom is 0.124 e. The molecule has 0 bridgehead atoms. The summed E-state index contributed by atoms with van der Waals surface area (Å²) in [5.74, 6) is 0.241. The van der Waals surface area contributed by atoms with E-state index in [0.29, 0.717) is 6.42 Å². The molecule has 1 aliphatic heterocycles. The van der Waals surface area contributed by atoms with Gasteiger partial charge in [-0.2, -0.15) is 5.10 Å². The minimum absolute atomic E-state index is 0.0644. The van der Waals surface area contributed by atoms with Gasteiger partial charge in [0.05, 0.1) is 17.4 Å². The highest BCUT2D eigenvalue weighted by atomic mass is 79.9. The number of pyridine rings is 1. The van der Waals surface area contributed by atoms with Crippen molar-refractivity contribution in [3.63, 3.8) is 0 Å². The highest BCUT2D eigenvalue weighted by Gasteiger charge is 2.23. The number of phenols is 1. The molecular formula is C14H12BrN3O. The molecule has 0 radical (unpaired) electrons. The van der Waals surface area contributed by atoms with E-state index in [2.05, 4.69) is 31.4 Å². The second kappa shape index (κ2) is 5.01. The molecule has 2 aromatic rings. The molecule has 1 atom stereocenters. The quantitative estimate of drug-likeness (QED) is 0.895. The summed E-state index contributed by atoms with van der Waals surface area (Å²) in [6.07, 6.45) is 2.48. The summed E-state index contributed by atoms with van der Waals surface area (Å²) in [6, 6.07) is 11.2. The van der Waals surface area contributed by atoms with Crippen molar-refractivity contribution in [2.24, 2.45) is 5.10 Å². The van der Waals surface area contributed by atoms with Gasteiger partial charge in [-0.25, -0.2) is 0 Å². The molecule has 1 aromatic carbocycles. The molecule has 0 saturated carbocycles. The highest BCUT2D eigenvalue weighted by molar-refractivity contribution is 9.10. The van der Waals surface area contributed by atoms with Gasteiger partial charge >= 0.3 is 0 Å². The molecule has 0 spiro atoms. The first-order chi connectivity index (χ1) is 9.24. The van der Waals surface area contributed by atoms with Crippen LogP contribution in [-0.4, -0.2) is 15.8 Å². The maximum atomic E-state index is 9.91. The Morgan fingerprint density at radius 3 is 2.95 bits per heavy atom. The van der Waals surface area contributed by atoms with Gasteiger partial charge < -0.3 is 10.5 Å². The largest absolute Gasteiger partial charge is 0.507 e. The fourth-order valence-corrected chi connectivity index (χ4v) is 2.46. The van der Waals surface area contributed by atoms with Crippen molar-refractivity contribution in [1.82, 2.24) is 10.4 Å². The van der Waals surface area contributed by atoms with E-state index in [1.807, 2.05) is 24.3 Å². The maximum absolute atomic E-state index is 9.91. The molecule has 0 fully saturated rings. The van der Waals surface area contributed by atoms with Crippen molar-refractivity contribution in [2.75, 3.05) is 0 Å². The zero-order valence-corrected chi connectivity index (χ0v) is 11.6. The third kappa shape index (κ3) is 2.46. The van der Waals surface area contributed by atoms with Crippen molar-refractivity contribution in [2.45, 2.75) is 12.5 Å². The van der Waals surface area contributed by atoms with Crippen LogP contribution in [-0.2, 0) is 0 Å². The van der Waals surface area contributed by atoms with Crippen LogP contribution in [0.3, 0.4) is 0 Å². The number of hydrogen-bond acceptors (Lipinski definition) is 4. The number of benzene rings is 1. The minimum Gasteiger partial charge on any atom is -0.507 e. The average molecular weight is 318 g/mol. The molecule has 1 unspecified atom stereocenters. The molecule has 96 valence electrons. The lowest BCUT2D eigenvalue weighted by atomic mass is 10.0. The number of phenolic OH excluding ortho intramolecular Hbond substituents is 1. The Balaban J connectivity index is 1.84. The predicted molar refractivity (Wildman–Crippen MR) is 77.1 cm³/mol. The number of aromatic hydroxyl groups is 1. The smallest absolute Gasteiger partial charge is 0.124 e. The number of halogens is 1. The predicted octanol–water partition coefficient (Wildman–Crippen LogP) is 2.99. The molecule has 2 heterocycles. The molecule has 4 nitrogen and oxygen atoms in total. The Morgan fingerprint density at radius 2 is 2.16 bits per heavy atom. The van der Waals surface area contributed by atoms with Gasteiger partial charge in [-0.15, -0.1) is 0 Å². The number of rotatable bonds is 2. The van der Waals surface area contributed by atoms with Crippen LogP contribution in [0.25, 0.3) is 0 Å².